The number of urea groups is 1. The van der Waals surface area contributed by atoms with Gasteiger partial charge in [0.25, 0.3) is 5.91 Å². The van der Waals surface area contributed by atoms with Gasteiger partial charge in [-0.05, 0) is 91.3 Å². The molecule has 2 aliphatic carbocycles. The molecule has 1 unspecified atom stereocenters. The highest BCUT2D eigenvalue weighted by Gasteiger charge is 2.54. The molecule has 244 valence electrons. The number of hydrogen-bond donors (Lipinski definition) is 3. The number of carbonyl (C=O) groups excluding carboxylic acids is 2. The third-order valence-electron chi connectivity index (χ3n) is 8.98. The van der Waals surface area contributed by atoms with Crippen molar-refractivity contribution in [2.45, 2.75) is 90.2 Å². The van der Waals surface area contributed by atoms with E-state index in [-0.39, 0.29) is 36.2 Å². The van der Waals surface area contributed by atoms with Crippen molar-refractivity contribution in [1.29, 1.82) is 0 Å². The maximum absolute atomic E-state index is 14.4. The van der Waals surface area contributed by atoms with Gasteiger partial charge in [0.2, 0.25) is 0 Å². The number of anilines is 1. The Balaban J connectivity index is 1.40. The summed E-state index contributed by atoms with van der Waals surface area (Å²) in [7, 11) is 0. The minimum absolute atomic E-state index is 0.00559. The highest BCUT2D eigenvalue weighted by atomic mass is 19.3. The lowest BCUT2D eigenvalue weighted by Gasteiger charge is -2.43. The van der Waals surface area contributed by atoms with Gasteiger partial charge in [-0.3, -0.25) is 9.59 Å². The van der Waals surface area contributed by atoms with Crippen molar-refractivity contribution in [2.75, 3.05) is 11.9 Å². The lowest BCUT2D eigenvalue weighted by atomic mass is 9.71. The number of nitrogens with zero attached hydrogens (tertiary/aromatic N) is 1. The lowest BCUT2D eigenvalue weighted by Crippen LogP contribution is -2.47. The van der Waals surface area contributed by atoms with Crippen LogP contribution in [0.5, 0.6) is 5.75 Å². The number of halogens is 4. The number of alkyl halides is 4. The SMILES string of the molecule is CC(C)(C)C1CCC(N(C(=O)Nc2ccc3c(c2)C(F)(F)OC(F)(F)O3)C2CCc3cc(C(=O)NCCC(=O)O)ccc32)CC1. The van der Waals surface area contributed by atoms with E-state index in [9.17, 15) is 31.9 Å². The zero-order valence-electron chi connectivity index (χ0n) is 25.3. The van der Waals surface area contributed by atoms with Gasteiger partial charge in [0.05, 0.1) is 18.0 Å². The van der Waals surface area contributed by atoms with Crippen LogP contribution in [0.2, 0.25) is 0 Å². The van der Waals surface area contributed by atoms with Gasteiger partial charge in [-0.25, -0.2) is 9.53 Å². The quantitative estimate of drug-likeness (QED) is 0.282. The molecule has 1 atom stereocenters. The summed E-state index contributed by atoms with van der Waals surface area (Å²) < 4.78 is 63.7. The first-order valence-electron chi connectivity index (χ1n) is 15.1. The molecule has 0 saturated heterocycles. The molecular formula is C32H37F4N3O6. The molecule has 2 aromatic rings. The third-order valence-corrected chi connectivity index (χ3v) is 8.98. The van der Waals surface area contributed by atoms with Crippen LogP contribution in [0, 0.1) is 11.3 Å². The van der Waals surface area contributed by atoms with Crippen LogP contribution in [0.1, 0.15) is 92.4 Å². The molecule has 3 aliphatic rings. The first-order chi connectivity index (χ1) is 21.0. The standard InChI is InChI=1S/C32H37F4N3O6/c1-30(2,3)20-6-9-22(10-7-20)39(25-12-5-18-16-19(4-11-23(18)25)28(42)37-15-14-27(40)41)29(43)38-21-8-13-26-24(17-21)31(33,34)45-32(35,36)44-26/h4,8,11,13,16-17,20,22,25H,5-7,9-10,12,14-15H2,1-3H3,(H,37,42)(H,38,43)(H,40,41). The Kier molecular flexibility index (Phi) is 8.78. The monoisotopic (exact) mass is 635 g/mol. The number of rotatable bonds is 7. The van der Waals surface area contributed by atoms with Crippen molar-refractivity contribution < 1.29 is 46.5 Å². The number of nitrogens with one attached hydrogen (secondary N) is 2. The zero-order valence-corrected chi connectivity index (χ0v) is 25.3. The smallest absolute Gasteiger partial charge is 0.481 e. The van der Waals surface area contributed by atoms with E-state index in [1.807, 2.05) is 0 Å². The number of benzene rings is 2. The fourth-order valence-corrected chi connectivity index (χ4v) is 6.66. The average Bonchev–Trinajstić information content (AvgIpc) is 3.35. The summed E-state index contributed by atoms with van der Waals surface area (Å²) in [6.07, 6.45) is -4.59. The molecular weight excluding hydrogens is 598 g/mol. The molecule has 1 aliphatic heterocycles. The number of carbonyl (C=O) groups is 3. The highest BCUT2D eigenvalue weighted by Crippen LogP contribution is 2.48. The fraction of sp³-hybridized carbons (Fsp3) is 0.531. The number of amides is 3. The molecule has 1 saturated carbocycles. The summed E-state index contributed by atoms with van der Waals surface area (Å²) in [5.74, 6) is -1.70. The minimum Gasteiger partial charge on any atom is -0.481 e. The van der Waals surface area contributed by atoms with Crippen LogP contribution in [0.15, 0.2) is 36.4 Å². The number of aliphatic carboxylic acids is 1. The van der Waals surface area contributed by atoms with Crippen LogP contribution >= 0.6 is 0 Å². The fourth-order valence-electron chi connectivity index (χ4n) is 6.66. The van der Waals surface area contributed by atoms with Crippen LogP contribution < -0.4 is 15.4 Å². The molecule has 5 rings (SSSR count). The number of carboxylic acid groups (broad SMARTS) is 1. The number of hydrogen-bond acceptors (Lipinski definition) is 5. The average molecular weight is 636 g/mol. The van der Waals surface area contributed by atoms with Gasteiger partial charge in [0.1, 0.15) is 5.75 Å². The topological polar surface area (TPSA) is 117 Å². The zero-order chi connectivity index (χ0) is 32.7. The summed E-state index contributed by atoms with van der Waals surface area (Å²) in [5, 5.41) is 14.1. The molecule has 1 heterocycles. The van der Waals surface area contributed by atoms with E-state index >= 15 is 0 Å². The van der Waals surface area contributed by atoms with Crippen molar-refractivity contribution in [3.63, 3.8) is 0 Å². The summed E-state index contributed by atoms with van der Waals surface area (Å²) in [6, 6.07) is 7.20. The number of aryl methyl sites for hydroxylation is 1. The second kappa shape index (κ2) is 12.1. The van der Waals surface area contributed by atoms with Crippen LogP contribution in [0.4, 0.5) is 28.0 Å². The first-order valence-corrected chi connectivity index (χ1v) is 15.1. The Hall–Kier alpha value is -3.87. The van der Waals surface area contributed by atoms with E-state index in [1.165, 1.54) is 6.07 Å². The van der Waals surface area contributed by atoms with Gasteiger partial charge in [-0.1, -0.05) is 26.8 Å². The summed E-state index contributed by atoms with van der Waals surface area (Å²) in [5.41, 5.74) is 1.28. The second-order valence-corrected chi connectivity index (χ2v) is 13.0. The molecule has 0 radical (unpaired) electrons. The second-order valence-electron chi connectivity index (χ2n) is 13.0. The predicted molar refractivity (Wildman–Crippen MR) is 155 cm³/mol. The van der Waals surface area contributed by atoms with Gasteiger partial charge in [0.15, 0.2) is 0 Å². The van der Waals surface area contributed by atoms with Gasteiger partial charge >= 0.3 is 24.4 Å². The van der Waals surface area contributed by atoms with Crippen molar-refractivity contribution in [1.82, 2.24) is 10.2 Å². The van der Waals surface area contributed by atoms with Crippen molar-refractivity contribution in [2.24, 2.45) is 11.3 Å². The molecule has 3 N–H and O–H groups in total. The van der Waals surface area contributed by atoms with Gasteiger partial charge in [-0.2, -0.15) is 8.78 Å². The minimum atomic E-state index is -4.50. The maximum Gasteiger partial charge on any atom is 0.540 e. The Morgan fingerprint density at radius 3 is 2.38 bits per heavy atom. The van der Waals surface area contributed by atoms with E-state index in [1.54, 1.807) is 23.1 Å². The number of fused-ring (bicyclic) bond motifs is 2. The Morgan fingerprint density at radius 1 is 1.00 bits per heavy atom. The molecule has 0 bridgehead atoms. The lowest BCUT2D eigenvalue weighted by molar-refractivity contribution is -0.461. The molecule has 1 fully saturated rings. The molecule has 3 amide bonds. The summed E-state index contributed by atoms with van der Waals surface area (Å²) >= 11 is 0. The Labute approximate surface area is 258 Å². The van der Waals surface area contributed by atoms with Crippen LogP contribution in [-0.2, 0) is 22.1 Å². The van der Waals surface area contributed by atoms with E-state index in [4.69, 9.17) is 5.11 Å². The molecule has 0 aromatic heterocycles. The van der Waals surface area contributed by atoms with E-state index in [0.717, 1.165) is 48.9 Å². The van der Waals surface area contributed by atoms with Crippen LogP contribution in [0.25, 0.3) is 0 Å². The first kappa shape index (κ1) is 32.5. The number of ether oxygens (including phenoxy) is 2. The van der Waals surface area contributed by atoms with Crippen molar-refractivity contribution in [3.8, 4) is 5.75 Å². The molecule has 13 heteroatoms. The van der Waals surface area contributed by atoms with Gasteiger partial charge < -0.3 is 25.4 Å². The molecule has 45 heavy (non-hydrogen) atoms. The number of carboxylic acids is 1. The molecule has 2 aromatic carbocycles. The Morgan fingerprint density at radius 2 is 1.71 bits per heavy atom. The van der Waals surface area contributed by atoms with Crippen molar-refractivity contribution in [3.05, 3.63) is 58.7 Å². The van der Waals surface area contributed by atoms with Crippen LogP contribution in [0.3, 0.4) is 0 Å². The molecule has 9 nitrogen and oxygen atoms in total. The van der Waals surface area contributed by atoms with Gasteiger partial charge in [0, 0.05) is 23.8 Å². The highest BCUT2D eigenvalue weighted by molar-refractivity contribution is 5.95. The maximum atomic E-state index is 14.4. The Bertz CT molecular complexity index is 1470. The largest absolute Gasteiger partial charge is 0.540 e. The van der Waals surface area contributed by atoms with Crippen LogP contribution in [-0.4, -0.2) is 46.8 Å². The van der Waals surface area contributed by atoms with E-state index in [0.29, 0.717) is 24.3 Å². The molecule has 0 spiro atoms. The predicted octanol–water partition coefficient (Wildman–Crippen LogP) is 7.03. The van der Waals surface area contributed by atoms with E-state index in [2.05, 4.69) is 40.9 Å². The van der Waals surface area contributed by atoms with E-state index < -0.39 is 41.6 Å². The van der Waals surface area contributed by atoms with Gasteiger partial charge in [-0.15, -0.1) is 8.78 Å². The third kappa shape index (κ3) is 7.18. The normalized spacial score (nSPS) is 23.2. The summed E-state index contributed by atoms with van der Waals surface area (Å²) in [6.45, 7) is 6.58. The van der Waals surface area contributed by atoms with Crippen molar-refractivity contribution >= 4 is 23.6 Å². The summed E-state index contributed by atoms with van der Waals surface area (Å²) in [4.78, 5) is 39.2.